The number of aryl methyl sites for hydroxylation is 1. The van der Waals surface area contributed by atoms with Crippen LogP contribution in [0.3, 0.4) is 0 Å². The van der Waals surface area contributed by atoms with Gasteiger partial charge in [0.15, 0.2) is 0 Å². The lowest BCUT2D eigenvalue weighted by Gasteiger charge is -2.36. The summed E-state index contributed by atoms with van der Waals surface area (Å²) < 4.78 is 1.90. The van der Waals surface area contributed by atoms with Crippen LogP contribution in [-0.2, 0) is 13.0 Å². The van der Waals surface area contributed by atoms with Crippen molar-refractivity contribution in [2.45, 2.75) is 19.9 Å². The minimum atomic E-state index is -0.0158. The Morgan fingerprint density at radius 3 is 2.39 bits per heavy atom. The van der Waals surface area contributed by atoms with Gasteiger partial charge in [-0.2, -0.15) is 0 Å². The Kier molecular flexibility index (Phi) is 5.21. The van der Waals surface area contributed by atoms with Crippen LogP contribution in [0.1, 0.15) is 18.1 Å². The Morgan fingerprint density at radius 2 is 1.68 bits per heavy atom. The fourth-order valence-electron chi connectivity index (χ4n) is 4.11. The summed E-state index contributed by atoms with van der Waals surface area (Å²) in [6.07, 6.45) is 6.04. The molecule has 1 aliphatic rings. The van der Waals surface area contributed by atoms with Gasteiger partial charge in [0.25, 0.3) is 5.56 Å². The van der Waals surface area contributed by atoms with E-state index >= 15 is 0 Å². The number of hydrogen-bond acceptors (Lipinski definition) is 6. The lowest BCUT2D eigenvalue weighted by Crippen LogP contribution is -2.45. The first-order valence-electron chi connectivity index (χ1n) is 10.6. The van der Waals surface area contributed by atoms with Gasteiger partial charge in [-0.3, -0.25) is 19.2 Å². The highest BCUT2D eigenvalue weighted by molar-refractivity contribution is 5.74. The third-order valence-corrected chi connectivity index (χ3v) is 5.92. The molecule has 1 aromatic carbocycles. The van der Waals surface area contributed by atoms with E-state index in [4.69, 9.17) is 0 Å². The Morgan fingerprint density at radius 1 is 0.968 bits per heavy atom. The van der Waals surface area contributed by atoms with Gasteiger partial charge in [0.05, 0.1) is 11.0 Å². The van der Waals surface area contributed by atoms with E-state index in [0.29, 0.717) is 6.42 Å². The second-order valence-electron chi connectivity index (χ2n) is 7.90. The molecule has 0 radical (unpaired) electrons. The Labute approximate surface area is 180 Å². The average Bonchev–Trinajstić information content (AvgIpc) is 3.34. The van der Waals surface area contributed by atoms with Gasteiger partial charge in [-0.05, 0) is 48.4 Å². The summed E-state index contributed by atoms with van der Waals surface area (Å²) in [6.45, 7) is 6.73. The molecule has 4 heterocycles. The number of nitrogens with zero attached hydrogens (tertiary/aromatic N) is 6. The van der Waals surface area contributed by atoms with Crippen LogP contribution < -0.4 is 10.5 Å². The zero-order chi connectivity index (χ0) is 21.2. The Hall–Kier alpha value is -3.52. The molecular weight excluding hydrogens is 390 g/mol. The first-order valence-corrected chi connectivity index (χ1v) is 10.6. The predicted octanol–water partition coefficient (Wildman–Crippen LogP) is 2.39. The molecule has 31 heavy (non-hydrogen) atoms. The summed E-state index contributed by atoms with van der Waals surface area (Å²) in [5.41, 5.74) is 5.83. The summed E-state index contributed by atoms with van der Waals surface area (Å²) in [7, 11) is 0. The number of rotatable bonds is 5. The molecule has 3 aromatic heterocycles. The van der Waals surface area contributed by atoms with Gasteiger partial charge in [0.1, 0.15) is 12.7 Å². The van der Waals surface area contributed by atoms with E-state index in [1.807, 2.05) is 23.8 Å². The van der Waals surface area contributed by atoms with Crippen LogP contribution >= 0.6 is 0 Å². The Balaban J connectivity index is 1.22. The maximum atomic E-state index is 12.1. The van der Waals surface area contributed by atoms with E-state index in [1.165, 1.54) is 5.69 Å². The highest BCUT2D eigenvalue weighted by Crippen LogP contribution is 2.20. The summed E-state index contributed by atoms with van der Waals surface area (Å²) in [5, 5.41) is 7.71. The van der Waals surface area contributed by atoms with E-state index in [-0.39, 0.29) is 5.56 Å². The molecule has 1 saturated heterocycles. The van der Waals surface area contributed by atoms with Crippen molar-refractivity contribution in [3.05, 3.63) is 76.7 Å². The van der Waals surface area contributed by atoms with Crippen molar-refractivity contribution in [1.29, 1.82) is 0 Å². The van der Waals surface area contributed by atoms with Crippen LogP contribution in [0.15, 0.2) is 60.0 Å². The van der Waals surface area contributed by atoms with Crippen molar-refractivity contribution in [3.8, 4) is 5.69 Å². The quantitative estimate of drug-likeness (QED) is 0.539. The van der Waals surface area contributed by atoms with Crippen LogP contribution in [0.2, 0.25) is 0 Å². The number of pyridine rings is 2. The highest BCUT2D eigenvalue weighted by atomic mass is 16.1. The summed E-state index contributed by atoms with van der Waals surface area (Å²) in [6, 6.07) is 12.4. The molecule has 0 unspecified atom stereocenters. The van der Waals surface area contributed by atoms with E-state index in [2.05, 4.69) is 60.3 Å². The SMILES string of the molecule is CCc1cc2ncc(CN3CCN(c4ccc(-n5cnnc5)cc4)CC3)cc2[nH]c1=O. The van der Waals surface area contributed by atoms with E-state index in [1.54, 1.807) is 12.7 Å². The Bertz CT molecular complexity index is 1220. The van der Waals surface area contributed by atoms with Crippen LogP contribution in [0.5, 0.6) is 0 Å². The molecule has 1 fully saturated rings. The first kappa shape index (κ1) is 19.4. The molecule has 0 saturated carbocycles. The second kappa shape index (κ2) is 8.31. The van der Waals surface area contributed by atoms with Crippen molar-refractivity contribution in [1.82, 2.24) is 29.6 Å². The molecule has 8 nitrogen and oxygen atoms in total. The van der Waals surface area contributed by atoms with Gasteiger partial charge < -0.3 is 9.88 Å². The van der Waals surface area contributed by atoms with Gasteiger partial charge in [0.2, 0.25) is 0 Å². The molecule has 1 N–H and O–H groups in total. The summed E-state index contributed by atoms with van der Waals surface area (Å²) >= 11 is 0. The average molecular weight is 416 g/mol. The minimum absolute atomic E-state index is 0.0158. The molecule has 1 aliphatic heterocycles. The summed E-state index contributed by atoms with van der Waals surface area (Å²) in [4.78, 5) is 24.5. The fourth-order valence-corrected chi connectivity index (χ4v) is 4.11. The summed E-state index contributed by atoms with van der Waals surface area (Å²) in [5.74, 6) is 0. The van der Waals surface area contributed by atoms with Crippen LogP contribution in [0.4, 0.5) is 5.69 Å². The number of nitrogens with one attached hydrogen (secondary N) is 1. The highest BCUT2D eigenvalue weighted by Gasteiger charge is 2.18. The van der Waals surface area contributed by atoms with Gasteiger partial charge in [-0.1, -0.05) is 6.92 Å². The molecule has 158 valence electrons. The van der Waals surface area contributed by atoms with Gasteiger partial charge in [0, 0.05) is 55.9 Å². The molecule has 0 aliphatic carbocycles. The van der Waals surface area contributed by atoms with Crippen LogP contribution in [0, 0.1) is 0 Å². The van der Waals surface area contributed by atoms with E-state index < -0.39 is 0 Å². The zero-order valence-electron chi connectivity index (χ0n) is 17.5. The number of aromatic nitrogens is 5. The number of anilines is 1. The van der Waals surface area contributed by atoms with Crippen molar-refractivity contribution < 1.29 is 0 Å². The molecule has 0 amide bonds. The molecule has 0 spiro atoms. The smallest absolute Gasteiger partial charge is 0.251 e. The number of benzene rings is 1. The van der Waals surface area contributed by atoms with Crippen molar-refractivity contribution in [2.75, 3.05) is 31.1 Å². The van der Waals surface area contributed by atoms with Gasteiger partial charge in [-0.15, -0.1) is 10.2 Å². The van der Waals surface area contributed by atoms with Crippen molar-refractivity contribution in [3.63, 3.8) is 0 Å². The minimum Gasteiger partial charge on any atom is -0.369 e. The molecule has 4 aromatic rings. The zero-order valence-corrected chi connectivity index (χ0v) is 17.5. The molecular formula is C23H25N7O. The molecule has 5 rings (SSSR count). The number of aromatic amines is 1. The molecule has 0 bridgehead atoms. The fraction of sp³-hybridized carbons (Fsp3) is 0.304. The number of piperazine rings is 1. The lowest BCUT2D eigenvalue weighted by atomic mass is 10.1. The van der Waals surface area contributed by atoms with Crippen molar-refractivity contribution in [2.24, 2.45) is 0 Å². The normalized spacial score (nSPS) is 14.9. The second-order valence-corrected chi connectivity index (χ2v) is 7.90. The number of H-pyrrole nitrogens is 1. The predicted molar refractivity (Wildman–Crippen MR) is 121 cm³/mol. The van der Waals surface area contributed by atoms with Gasteiger partial charge >= 0.3 is 0 Å². The topological polar surface area (TPSA) is 82.9 Å². The number of fused-ring (bicyclic) bond motifs is 1. The maximum absolute atomic E-state index is 12.1. The maximum Gasteiger partial charge on any atom is 0.251 e. The van der Waals surface area contributed by atoms with Crippen molar-refractivity contribution >= 4 is 16.7 Å². The number of hydrogen-bond donors (Lipinski definition) is 1. The van der Waals surface area contributed by atoms with Crippen LogP contribution in [-0.4, -0.2) is 55.8 Å². The third kappa shape index (κ3) is 4.06. The first-order chi connectivity index (χ1) is 15.2. The molecule has 0 atom stereocenters. The largest absolute Gasteiger partial charge is 0.369 e. The van der Waals surface area contributed by atoms with E-state index in [0.717, 1.165) is 60.6 Å². The molecule has 8 heteroatoms. The van der Waals surface area contributed by atoms with Gasteiger partial charge in [-0.25, -0.2) is 0 Å². The third-order valence-electron chi connectivity index (χ3n) is 5.92. The standard InChI is InChI=1S/C23H25N7O/c1-2-18-12-21-22(27-23(18)31)11-17(13-24-21)14-28-7-9-29(10-8-28)19-3-5-20(6-4-19)30-15-25-26-16-30/h3-6,11-13,15-16H,2,7-10,14H2,1H3,(H,27,31). The van der Waals surface area contributed by atoms with Crippen LogP contribution in [0.25, 0.3) is 16.7 Å². The monoisotopic (exact) mass is 415 g/mol. The van der Waals surface area contributed by atoms with E-state index in [9.17, 15) is 4.79 Å². The lowest BCUT2D eigenvalue weighted by molar-refractivity contribution is 0.249.